The van der Waals surface area contributed by atoms with Crippen molar-refractivity contribution in [2.45, 2.75) is 118 Å². The number of nitrogens with one attached hydrogen (secondary N) is 3. The van der Waals surface area contributed by atoms with Crippen LogP contribution in [0.4, 0.5) is 0 Å². The number of aliphatic imine (C=N–C) groups is 2. The molecule has 7 nitrogen and oxygen atoms in total. The van der Waals surface area contributed by atoms with Gasteiger partial charge in [-0.1, -0.05) is 74.7 Å². The van der Waals surface area contributed by atoms with Gasteiger partial charge >= 0.3 is 0 Å². The molecule has 0 atom stereocenters. The highest BCUT2D eigenvalue weighted by Crippen LogP contribution is 2.07. The summed E-state index contributed by atoms with van der Waals surface area (Å²) in [6.45, 7) is 14.1. The lowest BCUT2D eigenvalue weighted by Gasteiger charge is -2.06. The Hall–Kier alpha value is -2.02. The third-order valence-corrected chi connectivity index (χ3v) is 6.09. The number of rotatable bonds is 24. The highest BCUT2D eigenvalue weighted by atomic mass is 15.1. The van der Waals surface area contributed by atoms with Crippen molar-refractivity contribution in [1.29, 1.82) is 0 Å². The van der Waals surface area contributed by atoms with E-state index in [4.69, 9.17) is 11.5 Å². The van der Waals surface area contributed by atoms with Crippen LogP contribution in [-0.2, 0) is 0 Å². The van der Waals surface area contributed by atoms with Gasteiger partial charge in [0, 0.05) is 26.2 Å². The third kappa shape index (κ3) is 30.1. The lowest BCUT2D eigenvalue weighted by molar-refractivity contribution is 0.540. The molecule has 37 heavy (non-hydrogen) atoms. The summed E-state index contributed by atoms with van der Waals surface area (Å²) in [7, 11) is 0. The van der Waals surface area contributed by atoms with Crippen LogP contribution in [0.25, 0.3) is 0 Å². The highest BCUT2D eigenvalue weighted by Gasteiger charge is 1.95. The molecule has 216 valence electrons. The average molecular weight is 520 g/mol. The first-order chi connectivity index (χ1) is 17.9. The Morgan fingerprint density at radius 1 is 0.514 bits per heavy atom. The van der Waals surface area contributed by atoms with Crippen LogP contribution in [0.2, 0.25) is 0 Å². The molecule has 0 radical (unpaired) electrons. The predicted molar refractivity (Wildman–Crippen MR) is 165 cm³/mol. The summed E-state index contributed by atoms with van der Waals surface area (Å²) in [4.78, 5) is 8.82. The van der Waals surface area contributed by atoms with Crippen molar-refractivity contribution in [3.63, 3.8) is 0 Å². The van der Waals surface area contributed by atoms with Gasteiger partial charge in [-0.3, -0.25) is 9.98 Å². The molecule has 0 heterocycles. The number of unbranched alkanes of at least 4 members (excludes halogenated alkanes) is 10. The Bertz CT molecular complexity index is 576. The minimum absolute atomic E-state index is 0.580. The summed E-state index contributed by atoms with van der Waals surface area (Å²) in [6, 6.07) is 0. The van der Waals surface area contributed by atoms with Crippen LogP contribution >= 0.6 is 0 Å². The van der Waals surface area contributed by atoms with E-state index >= 15 is 0 Å². The van der Waals surface area contributed by atoms with Crippen molar-refractivity contribution < 1.29 is 0 Å². The summed E-state index contributed by atoms with van der Waals surface area (Å²) in [5, 5.41) is 9.94. The number of guanidine groups is 2. The zero-order chi connectivity index (χ0) is 27.4. The van der Waals surface area contributed by atoms with Crippen LogP contribution in [0.1, 0.15) is 118 Å². The quantitative estimate of drug-likeness (QED) is 0.0480. The summed E-state index contributed by atoms with van der Waals surface area (Å²) >= 11 is 0. The van der Waals surface area contributed by atoms with E-state index in [1.807, 2.05) is 0 Å². The van der Waals surface area contributed by atoms with E-state index in [0.29, 0.717) is 11.9 Å². The van der Waals surface area contributed by atoms with Gasteiger partial charge in [0.1, 0.15) is 0 Å². The summed E-state index contributed by atoms with van der Waals surface area (Å²) in [5.41, 5.74) is 14.5. The first-order valence-corrected chi connectivity index (χ1v) is 15.0. The second-order valence-electron chi connectivity index (χ2n) is 10.5. The van der Waals surface area contributed by atoms with Gasteiger partial charge in [-0.2, -0.15) is 0 Å². The minimum Gasteiger partial charge on any atom is -0.370 e. The van der Waals surface area contributed by atoms with Crippen molar-refractivity contribution in [2.75, 3.05) is 39.3 Å². The van der Waals surface area contributed by atoms with Crippen LogP contribution in [0.3, 0.4) is 0 Å². The molecule has 0 aromatic rings. The predicted octanol–water partition coefficient (Wildman–Crippen LogP) is 5.78. The van der Waals surface area contributed by atoms with Crippen molar-refractivity contribution in [2.24, 2.45) is 21.5 Å². The molecule has 0 aromatic heterocycles. The molecule has 0 aliphatic carbocycles. The molecule has 0 unspecified atom stereocenters. The van der Waals surface area contributed by atoms with Crippen molar-refractivity contribution >= 4 is 11.9 Å². The molecule has 0 bridgehead atoms. The van der Waals surface area contributed by atoms with E-state index in [1.165, 1.54) is 75.4 Å². The van der Waals surface area contributed by atoms with Crippen LogP contribution < -0.4 is 27.4 Å². The number of nitrogens with two attached hydrogens (primary N) is 2. The lowest BCUT2D eigenvalue weighted by atomic mass is 10.1. The van der Waals surface area contributed by atoms with Gasteiger partial charge in [0.2, 0.25) is 0 Å². The number of hydrogen-bond donors (Lipinski definition) is 5. The maximum atomic E-state index is 5.89. The van der Waals surface area contributed by atoms with E-state index < -0.39 is 0 Å². The molecule has 0 aliphatic rings. The maximum Gasteiger partial charge on any atom is 0.188 e. The van der Waals surface area contributed by atoms with Gasteiger partial charge in [0.15, 0.2) is 11.9 Å². The highest BCUT2D eigenvalue weighted by molar-refractivity contribution is 5.78. The van der Waals surface area contributed by atoms with Crippen molar-refractivity contribution in [1.82, 2.24) is 16.0 Å². The number of hydrogen-bond acceptors (Lipinski definition) is 3. The summed E-state index contributed by atoms with van der Waals surface area (Å²) in [6.07, 6.45) is 21.6. The standard InChI is InChI=1S/C30H61N7/c1-27(2)19-17-25-36-29(31)34-23-15-11-7-5-6-9-13-21-33-22-14-10-8-12-16-24-35-30(32)37-26-18-20-28(3)4/h19-20,33H,5-18,21-26H2,1-4H3,(H3,31,34,36)(H3,32,35,37). The molecule has 0 aromatic carbocycles. The van der Waals surface area contributed by atoms with E-state index in [9.17, 15) is 0 Å². The minimum atomic E-state index is 0.580. The molecule has 0 saturated carbocycles. The summed E-state index contributed by atoms with van der Waals surface area (Å²) < 4.78 is 0. The van der Waals surface area contributed by atoms with Crippen LogP contribution in [0, 0.1) is 0 Å². The zero-order valence-electron chi connectivity index (χ0n) is 24.8. The fourth-order valence-electron chi connectivity index (χ4n) is 3.90. The van der Waals surface area contributed by atoms with E-state index in [-0.39, 0.29) is 0 Å². The average Bonchev–Trinajstić information content (AvgIpc) is 2.85. The van der Waals surface area contributed by atoms with Crippen LogP contribution in [0.5, 0.6) is 0 Å². The van der Waals surface area contributed by atoms with E-state index in [0.717, 1.165) is 65.0 Å². The Labute approximate surface area is 229 Å². The molecule has 0 rings (SSSR count). The van der Waals surface area contributed by atoms with Gasteiger partial charge < -0.3 is 27.4 Å². The summed E-state index contributed by atoms with van der Waals surface area (Å²) in [5.74, 6) is 1.16. The molecule has 0 aliphatic heterocycles. The van der Waals surface area contributed by atoms with E-state index in [2.05, 4.69) is 65.8 Å². The van der Waals surface area contributed by atoms with Crippen molar-refractivity contribution in [3.05, 3.63) is 23.3 Å². The first-order valence-electron chi connectivity index (χ1n) is 15.0. The lowest BCUT2D eigenvalue weighted by Crippen LogP contribution is -2.32. The molecule has 0 amide bonds. The Morgan fingerprint density at radius 2 is 0.865 bits per heavy atom. The van der Waals surface area contributed by atoms with Gasteiger partial charge in [0.25, 0.3) is 0 Å². The smallest absolute Gasteiger partial charge is 0.188 e. The molecule has 7 N–H and O–H groups in total. The van der Waals surface area contributed by atoms with Crippen LogP contribution in [-0.4, -0.2) is 51.2 Å². The van der Waals surface area contributed by atoms with Crippen molar-refractivity contribution in [3.8, 4) is 0 Å². The zero-order valence-corrected chi connectivity index (χ0v) is 24.8. The monoisotopic (exact) mass is 519 g/mol. The molecule has 0 spiro atoms. The molecule has 0 saturated heterocycles. The Balaban J connectivity index is 3.30. The second kappa shape index (κ2) is 27.0. The van der Waals surface area contributed by atoms with E-state index in [1.54, 1.807) is 0 Å². The fraction of sp³-hybridized carbons (Fsp3) is 0.800. The molecular formula is C30H61N7. The first kappa shape index (κ1) is 35.0. The largest absolute Gasteiger partial charge is 0.370 e. The SMILES string of the molecule is CC(C)=CCCNC(N)=NCCCCCCCCCNCCCCCCCN=C(N)NCCC=C(C)C. The van der Waals surface area contributed by atoms with Gasteiger partial charge in [-0.15, -0.1) is 0 Å². The van der Waals surface area contributed by atoms with Gasteiger partial charge in [-0.05, 0) is 79.3 Å². The fourth-order valence-corrected chi connectivity index (χ4v) is 3.90. The topological polar surface area (TPSA) is 113 Å². The normalized spacial score (nSPS) is 11.9. The molecule has 0 fully saturated rings. The molecular weight excluding hydrogens is 458 g/mol. The Morgan fingerprint density at radius 3 is 1.24 bits per heavy atom. The second-order valence-corrected chi connectivity index (χ2v) is 10.5. The van der Waals surface area contributed by atoms with Gasteiger partial charge in [-0.25, -0.2) is 0 Å². The Kier molecular flexibility index (Phi) is 25.6. The van der Waals surface area contributed by atoms with Crippen LogP contribution in [0.15, 0.2) is 33.3 Å². The van der Waals surface area contributed by atoms with Gasteiger partial charge in [0.05, 0.1) is 0 Å². The number of allylic oxidation sites excluding steroid dienone is 2. The third-order valence-electron chi connectivity index (χ3n) is 6.09. The number of nitrogens with zero attached hydrogens (tertiary/aromatic N) is 2. The molecule has 7 heteroatoms. The maximum absolute atomic E-state index is 5.89.